The second-order valence-corrected chi connectivity index (χ2v) is 4.46. The van der Waals surface area contributed by atoms with E-state index in [1.807, 2.05) is 0 Å². The summed E-state index contributed by atoms with van der Waals surface area (Å²) in [7, 11) is 0. The van der Waals surface area contributed by atoms with Crippen LogP contribution in [0.4, 0.5) is 0 Å². The molecule has 0 unspecified atom stereocenters. The van der Waals surface area contributed by atoms with Crippen LogP contribution < -0.4 is 5.32 Å². The second-order valence-electron chi connectivity index (χ2n) is 4.46. The van der Waals surface area contributed by atoms with E-state index >= 15 is 0 Å². The Morgan fingerprint density at radius 2 is 1.94 bits per heavy atom. The molecule has 0 bridgehead atoms. The second kappa shape index (κ2) is 4.71. The number of hydrogen-bond donors (Lipinski definition) is 2. The molecule has 0 saturated carbocycles. The standard InChI is InChI=1S/C14H20N2/c1-4-7-15-9-12-8-13-10(2)5-6-11(3)14(13)16-12/h5-6,8,15-16H,4,7,9H2,1-3H3. The maximum absolute atomic E-state index is 3.50. The molecule has 0 aliphatic rings. The number of rotatable bonds is 4. The van der Waals surface area contributed by atoms with Crippen molar-refractivity contribution in [1.82, 2.24) is 10.3 Å². The number of H-pyrrole nitrogens is 1. The van der Waals surface area contributed by atoms with E-state index in [1.165, 1.54) is 34.1 Å². The highest BCUT2D eigenvalue weighted by atomic mass is 14.9. The first-order valence-corrected chi connectivity index (χ1v) is 6.01. The zero-order chi connectivity index (χ0) is 11.5. The summed E-state index contributed by atoms with van der Waals surface area (Å²) in [6.45, 7) is 8.52. The first kappa shape index (κ1) is 11.2. The fourth-order valence-electron chi connectivity index (χ4n) is 2.05. The highest BCUT2D eigenvalue weighted by Gasteiger charge is 2.04. The summed E-state index contributed by atoms with van der Waals surface area (Å²) in [5.41, 5.74) is 5.23. The van der Waals surface area contributed by atoms with Gasteiger partial charge in [-0.25, -0.2) is 0 Å². The van der Waals surface area contributed by atoms with Crippen molar-refractivity contribution >= 4 is 10.9 Å². The van der Waals surface area contributed by atoms with Gasteiger partial charge in [0, 0.05) is 23.1 Å². The Bertz CT molecular complexity index is 444. The van der Waals surface area contributed by atoms with E-state index < -0.39 is 0 Å². The molecule has 2 rings (SSSR count). The Balaban J connectivity index is 2.29. The molecule has 0 atom stereocenters. The number of aromatic nitrogens is 1. The molecular weight excluding hydrogens is 196 g/mol. The summed E-state index contributed by atoms with van der Waals surface area (Å²) >= 11 is 0. The van der Waals surface area contributed by atoms with Crippen molar-refractivity contribution in [1.29, 1.82) is 0 Å². The lowest BCUT2D eigenvalue weighted by molar-refractivity contribution is 0.667. The maximum Gasteiger partial charge on any atom is 0.0488 e. The minimum Gasteiger partial charge on any atom is -0.357 e. The Hall–Kier alpha value is -1.28. The molecule has 0 aliphatic carbocycles. The van der Waals surface area contributed by atoms with Crippen molar-refractivity contribution in [3.05, 3.63) is 35.0 Å². The van der Waals surface area contributed by atoms with Gasteiger partial charge < -0.3 is 10.3 Å². The first-order chi connectivity index (χ1) is 7.72. The Labute approximate surface area is 97.1 Å². The van der Waals surface area contributed by atoms with Crippen LogP contribution in [0.1, 0.15) is 30.2 Å². The third kappa shape index (κ3) is 2.12. The normalized spacial score (nSPS) is 11.2. The molecule has 0 radical (unpaired) electrons. The third-order valence-corrected chi connectivity index (χ3v) is 3.02. The fourth-order valence-corrected chi connectivity index (χ4v) is 2.05. The van der Waals surface area contributed by atoms with Crippen LogP contribution in [0.25, 0.3) is 10.9 Å². The number of aryl methyl sites for hydroxylation is 2. The molecule has 1 aromatic heterocycles. The van der Waals surface area contributed by atoms with Crippen molar-refractivity contribution in [2.75, 3.05) is 6.54 Å². The van der Waals surface area contributed by atoms with E-state index in [2.05, 4.69) is 49.3 Å². The zero-order valence-electron chi connectivity index (χ0n) is 10.4. The van der Waals surface area contributed by atoms with Gasteiger partial charge in [0.2, 0.25) is 0 Å². The molecule has 1 heterocycles. The van der Waals surface area contributed by atoms with Gasteiger partial charge in [0.25, 0.3) is 0 Å². The fraction of sp³-hybridized carbons (Fsp3) is 0.429. The molecular formula is C14H20N2. The molecule has 0 spiro atoms. The van der Waals surface area contributed by atoms with Gasteiger partial charge >= 0.3 is 0 Å². The Kier molecular flexibility index (Phi) is 3.30. The van der Waals surface area contributed by atoms with Crippen LogP contribution in [0.2, 0.25) is 0 Å². The van der Waals surface area contributed by atoms with Gasteiger partial charge in [0.15, 0.2) is 0 Å². The van der Waals surface area contributed by atoms with Crippen LogP contribution >= 0.6 is 0 Å². The lowest BCUT2D eigenvalue weighted by Crippen LogP contribution is -2.13. The molecule has 86 valence electrons. The van der Waals surface area contributed by atoms with Gasteiger partial charge in [0.05, 0.1) is 0 Å². The zero-order valence-corrected chi connectivity index (χ0v) is 10.4. The predicted molar refractivity (Wildman–Crippen MR) is 69.8 cm³/mol. The SMILES string of the molecule is CCCNCc1cc2c(C)ccc(C)c2[nH]1. The molecule has 2 nitrogen and oxygen atoms in total. The van der Waals surface area contributed by atoms with E-state index in [-0.39, 0.29) is 0 Å². The Morgan fingerprint density at radius 1 is 1.19 bits per heavy atom. The van der Waals surface area contributed by atoms with Crippen LogP contribution in [0, 0.1) is 13.8 Å². The van der Waals surface area contributed by atoms with E-state index in [1.54, 1.807) is 0 Å². The molecule has 1 aromatic carbocycles. The number of benzene rings is 1. The van der Waals surface area contributed by atoms with Crippen LogP contribution in [0.5, 0.6) is 0 Å². The summed E-state index contributed by atoms with van der Waals surface area (Å²) < 4.78 is 0. The van der Waals surface area contributed by atoms with Crippen LogP contribution in [0.15, 0.2) is 18.2 Å². The highest BCUT2D eigenvalue weighted by molar-refractivity contribution is 5.86. The minimum absolute atomic E-state index is 0.932. The average molecular weight is 216 g/mol. The maximum atomic E-state index is 3.50. The highest BCUT2D eigenvalue weighted by Crippen LogP contribution is 2.22. The molecule has 2 N–H and O–H groups in total. The summed E-state index contributed by atoms with van der Waals surface area (Å²) in [6, 6.07) is 6.63. The molecule has 2 aromatic rings. The predicted octanol–water partition coefficient (Wildman–Crippen LogP) is 3.28. The lowest BCUT2D eigenvalue weighted by Gasteiger charge is -1.99. The topological polar surface area (TPSA) is 27.8 Å². The van der Waals surface area contributed by atoms with Crippen molar-refractivity contribution in [2.45, 2.75) is 33.7 Å². The largest absolute Gasteiger partial charge is 0.357 e. The molecule has 0 saturated heterocycles. The van der Waals surface area contributed by atoms with Crippen molar-refractivity contribution in [2.24, 2.45) is 0 Å². The molecule has 2 heteroatoms. The van der Waals surface area contributed by atoms with Crippen molar-refractivity contribution in [3.63, 3.8) is 0 Å². The number of fused-ring (bicyclic) bond motifs is 1. The van der Waals surface area contributed by atoms with Gasteiger partial charge in [-0.15, -0.1) is 0 Å². The minimum atomic E-state index is 0.932. The van der Waals surface area contributed by atoms with Gasteiger partial charge in [-0.2, -0.15) is 0 Å². The van der Waals surface area contributed by atoms with Crippen molar-refractivity contribution in [3.8, 4) is 0 Å². The number of hydrogen-bond acceptors (Lipinski definition) is 1. The summed E-state index contributed by atoms with van der Waals surface area (Å²) in [5.74, 6) is 0. The van der Waals surface area contributed by atoms with Crippen LogP contribution in [-0.2, 0) is 6.54 Å². The van der Waals surface area contributed by atoms with E-state index in [0.717, 1.165) is 13.1 Å². The van der Waals surface area contributed by atoms with E-state index in [0.29, 0.717) is 0 Å². The van der Waals surface area contributed by atoms with Gasteiger partial charge in [-0.1, -0.05) is 19.1 Å². The Morgan fingerprint density at radius 3 is 2.62 bits per heavy atom. The summed E-state index contributed by atoms with van der Waals surface area (Å²) in [4.78, 5) is 3.50. The average Bonchev–Trinajstić information content (AvgIpc) is 2.69. The van der Waals surface area contributed by atoms with Gasteiger partial charge in [-0.3, -0.25) is 0 Å². The van der Waals surface area contributed by atoms with E-state index in [9.17, 15) is 0 Å². The van der Waals surface area contributed by atoms with Gasteiger partial charge in [-0.05, 0) is 44.0 Å². The first-order valence-electron chi connectivity index (χ1n) is 6.01. The van der Waals surface area contributed by atoms with Crippen LogP contribution in [-0.4, -0.2) is 11.5 Å². The monoisotopic (exact) mass is 216 g/mol. The van der Waals surface area contributed by atoms with Crippen LogP contribution in [0.3, 0.4) is 0 Å². The summed E-state index contributed by atoms with van der Waals surface area (Å²) in [5, 5.41) is 4.77. The number of aromatic amines is 1. The van der Waals surface area contributed by atoms with Crippen molar-refractivity contribution < 1.29 is 0 Å². The quantitative estimate of drug-likeness (QED) is 0.754. The molecule has 16 heavy (non-hydrogen) atoms. The smallest absolute Gasteiger partial charge is 0.0488 e. The molecule has 0 aliphatic heterocycles. The third-order valence-electron chi connectivity index (χ3n) is 3.02. The lowest BCUT2D eigenvalue weighted by atomic mass is 10.1. The van der Waals surface area contributed by atoms with Gasteiger partial charge in [0.1, 0.15) is 0 Å². The molecule has 0 fully saturated rings. The number of nitrogens with one attached hydrogen (secondary N) is 2. The summed E-state index contributed by atoms with van der Waals surface area (Å²) in [6.07, 6.45) is 1.18. The van der Waals surface area contributed by atoms with E-state index in [4.69, 9.17) is 0 Å². The molecule has 0 amide bonds.